The number of hydrogen-bond donors (Lipinski definition) is 1. The number of halogens is 1. The molecule has 0 amide bonds. The molecule has 0 saturated carbocycles. The minimum atomic E-state index is 0.241. The maximum atomic E-state index is 5.99. The fourth-order valence-corrected chi connectivity index (χ4v) is 2.85. The van der Waals surface area contributed by atoms with Gasteiger partial charge in [-0.3, -0.25) is 4.90 Å². The van der Waals surface area contributed by atoms with E-state index in [0.29, 0.717) is 5.02 Å². The number of aromatic nitrogens is 1. The highest BCUT2D eigenvalue weighted by Gasteiger charge is 2.17. The van der Waals surface area contributed by atoms with E-state index < -0.39 is 0 Å². The first-order chi connectivity index (χ1) is 11.6. The van der Waals surface area contributed by atoms with Crippen molar-refractivity contribution in [2.24, 2.45) is 5.73 Å². The Morgan fingerprint density at radius 1 is 1.00 bits per heavy atom. The highest BCUT2D eigenvalue weighted by Crippen LogP contribution is 2.29. The van der Waals surface area contributed by atoms with Gasteiger partial charge in [0.25, 0.3) is 0 Å². The van der Waals surface area contributed by atoms with Crippen molar-refractivity contribution in [3.05, 3.63) is 89.1 Å². The number of benzene rings is 2. The van der Waals surface area contributed by atoms with Crippen LogP contribution in [0.3, 0.4) is 0 Å². The minimum absolute atomic E-state index is 0.241. The number of nitrogens with zero attached hydrogens (tertiary/aromatic N) is 2. The van der Waals surface area contributed by atoms with Gasteiger partial charge in [-0.2, -0.15) is 0 Å². The van der Waals surface area contributed by atoms with E-state index in [9.17, 15) is 0 Å². The molecule has 0 aliphatic carbocycles. The average Bonchev–Trinajstić information content (AvgIpc) is 2.59. The van der Waals surface area contributed by atoms with Crippen molar-refractivity contribution >= 4 is 40.4 Å². The van der Waals surface area contributed by atoms with Crippen LogP contribution in [0.5, 0.6) is 0 Å². The molecule has 0 saturated heterocycles. The lowest BCUT2D eigenvalue weighted by molar-refractivity contribution is 1.11. The molecule has 1 aromatic heterocycles. The second-order valence-electron chi connectivity index (χ2n) is 5.30. The number of rotatable bonds is 4. The van der Waals surface area contributed by atoms with Gasteiger partial charge >= 0.3 is 0 Å². The summed E-state index contributed by atoms with van der Waals surface area (Å²) < 4.78 is 0. The van der Waals surface area contributed by atoms with Crippen molar-refractivity contribution in [2.75, 3.05) is 4.90 Å². The Morgan fingerprint density at radius 3 is 2.38 bits per heavy atom. The van der Waals surface area contributed by atoms with Crippen molar-refractivity contribution in [1.29, 1.82) is 0 Å². The van der Waals surface area contributed by atoms with Crippen LogP contribution in [0, 0.1) is 0 Å². The molecular formula is C19H16ClN3S. The maximum absolute atomic E-state index is 5.99. The predicted octanol–water partition coefficient (Wildman–Crippen LogP) is 4.71. The van der Waals surface area contributed by atoms with Gasteiger partial charge in [0.15, 0.2) is 5.11 Å². The largest absolute Gasteiger partial charge is 0.376 e. The fourth-order valence-electron chi connectivity index (χ4n) is 2.53. The molecule has 3 aromatic rings. The molecule has 3 rings (SSSR count). The smallest absolute Gasteiger partial charge is 0.176 e. The number of thiocarbonyl (C=S) groups is 1. The highest BCUT2D eigenvalue weighted by atomic mass is 35.5. The maximum Gasteiger partial charge on any atom is 0.176 e. The Morgan fingerprint density at radius 2 is 1.71 bits per heavy atom. The second kappa shape index (κ2) is 7.43. The first kappa shape index (κ1) is 16.4. The third-order valence-corrected chi connectivity index (χ3v) is 4.06. The van der Waals surface area contributed by atoms with Gasteiger partial charge in [0.2, 0.25) is 0 Å². The zero-order valence-corrected chi connectivity index (χ0v) is 14.5. The van der Waals surface area contributed by atoms with Crippen LogP contribution in [0.1, 0.15) is 11.1 Å². The lowest BCUT2D eigenvalue weighted by Gasteiger charge is -2.24. The zero-order chi connectivity index (χ0) is 16.9. The van der Waals surface area contributed by atoms with E-state index in [1.54, 1.807) is 11.1 Å². The lowest BCUT2D eigenvalue weighted by atomic mass is 10.1. The van der Waals surface area contributed by atoms with Crippen LogP contribution in [0.4, 0.5) is 11.5 Å². The van der Waals surface area contributed by atoms with Gasteiger partial charge < -0.3 is 5.73 Å². The summed E-state index contributed by atoms with van der Waals surface area (Å²) in [5.74, 6) is 0.733. The van der Waals surface area contributed by atoms with Crippen molar-refractivity contribution in [3.8, 4) is 0 Å². The molecule has 0 aliphatic rings. The summed E-state index contributed by atoms with van der Waals surface area (Å²) in [5, 5.41) is 0.900. The zero-order valence-electron chi connectivity index (χ0n) is 12.9. The average molecular weight is 354 g/mol. The Hall–Kier alpha value is -2.43. The topological polar surface area (TPSA) is 42.1 Å². The normalized spacial score (nSPS) is 10.4. The molecule has 0 unspecified atom stereocenters. The van der Waals surface area contributed by atoms with Crippen LogP contribution in [-0.2, 0) is 6.42 Å². The summed E-state index contributed by atoms with van der Waals surface area (Å²) in [4.78, 5) is 6.29. The van der Waals surface area contributed by atoms with Crippen LogP contribution in [0.25, 0.3) is 0 Å². The molecule has 2 N–H and O–H groups in total. The van der Waals surface area contributed by atoms with Crippen LogP contribution >= 0.6 is 23.8 Å². The van der Waals surface area contributed by atoms with E-state index in [-0.39, 0.29) is 5.11 Å². The molecule has 0 spiro atoms. The second-order valence-corrected chi connectivity index (χ2v) is 6.15. The molecule has 0 radical (unpaired) electrons. The molecule has 5 heteroatoms. The number of nitrogens with two attached hydrogens (primary N) is 1. The Balaban J connectivity index is 2.02. The summed E-state index contributed by atoms with van der Waals surface area (Å²) in [7, 11) is 0. The summed E-state index contributed by atoms with van der Waals surface area (Å²) in [5.41, 5.74) is 9.07. The number of pyridine rings is 1. The summed E-state index contributed by atoms with van der Waals surface area (Å²) >= 11 is 11.3. The van der Waals surface area contributed by atoms with E-state index in [2.05, 4.69) is 17.1 Å². The van der Waals surface area contributed by atoms with E-state index in [1.807, 2.05) is 54.6 Å². The van der Waals surface area contributed by atoms with Crippen molar-refractivity contribution in [2.45, 2.75) is 6.42 Å². The van der Waals surface area contributed by atoms with Gasteiger partial charge in [-0.05, 0) is 53.7 Å². The Kier molecular flexibility index (Phi) is 5.08. The van der Waals surface area contributed by atoms with Gasteiger partial charge in [0.05, 0.1) is 0 Å². The van der Waals surface area contributed by atoms with Crippen molar-refractivity contribution in [3.63, 3.8) is 0 Å². The molecule has 120 valence electrons. The number of anilines is 2. The third-order valence-electron chi connectivity index (χ3n) is 3.62. The molecule has 0 atom stereocenters. The quantitative estimate of drug-likeness (QED) is 0.690. The standard InChI is InChI=1S/C19H16ClN3S/c20-16-8-10-17(11-9-16)23(19(21)24)18-15(7-4-12-22-18)13-14-5-2-1-3-6-14/h1-12H,13H2,(H2,21,24). The van der Waals surface area contributed by atoms with E-state index >= 15 is 0 Å². The first-order valence-electron chi connectivity index (χ1n) is 7.48. The molecule has 0 aliphatic heterocycles. The highest BCUT2D eigenvalue weighted by molar-refractivity contribution is 7.80. The van der Waals surface area contributed by atoms with E-state index in [0.717, 1.165) is 23.5 Å². The molecule has 24 heavy (non-hydrogen) atoms. The first-order valence-corrected chi connectivity index (χ1v) is 8.27. The number of hydrogen-bond acceptors (Lipinski definition) is 2. The monoisotopic (exact) mass is 353 g/mol. The van der Waals surface area contributed by atoms with Gasteiger partial charge in [-0.15, -0.1) is 0 Å². The molecule has 1 heterocycles. The SMILES string of the molecule is NC(=S)N(c1ccc(Cl)cc1)c1ncccc1Cc1ccccc1. The molecular weight excluding hydrogens is 338 g/mol. The minimum Gasteiger partial charge on any atom is -0.376 e. The van der Waals surface area contributed by atoms with Crippen molar-refractivity contribution in [1.82, 2.24) is 4.98 Å². The van der Waals surface area contributed by atoms with Gasteiger partial charge in [0.1, 0.15) is 5.82 Å². The lowest BCUT2D eigenvalue weighted by Crippen LogP contribution is -2.32. The predicted molar refractivity (Wildman–Crippen MR) is 104 cm³/mol. The van der Waals surface area contributed by atoms with Crippen LogP contribution in [0.15, 0.2) is 72.9 Å². The molecule has 2 aromatic carbocycles. The van der Waals surface area contributed by atoms with Gasteiger partial charge in [-0.1, -0.05) is 48.0 Å². The molecule has 0 fully saturated rings. The van der Waals surface area contributed by atoms with Crippen LogP contribution < -0.4 is 10.6 Å². The fraction of sp³-hybridized carbons (Fsp3) is 0.0526. The summed E-state index contributed by atoms with van der Waals surface area (Å²) in [6, 6.07) is 21.6. The van der Waals surface area contributed by atoms with E-state index in [1.165, 1.54) is 5.56 Å². The van der Waals surface area contributed by atoms with Crippen molar-refractivity contribution < 1.29 is 0 Å². The summed E-state index contributed by atoms with van der Waals surface area (Å²) in [6.45, 7) is 0. The Labute approximate surface area is 151 Å². The molecule has 3 nitrogen and oxygen atoms in total. The van der Waals surface area contributed by atoms with Gasteiger partial charge in [-0.25, -0.2) is 4.98 Å². The van der Waals surface area contributed by atoms with Gasteiger partial charge in [0, 0.05) is 23.3 Å². The van der Waals surface area contributed by atoms with Crippen LogP contribution in [-0.4, -0.2) is 10.1 Å². The van der Waals surface area contributed by atoms with Crippen LogP contribution in [0.2, 0.25) is 5.02 Å². The third kappa shape index (κ3) is 3.72. The molecule has 0 bridgehead atoms. The van der Waals surface area contributed by atoms with E-state index in [4.69, 9.17) is 29.6 Å². The summed E-state index contributed by atoms with van der Waals surface area (Å²) in [6.07, 6.45) is 2.49. The Bertz CT molecular complexity index is 835.